The lowest BCUT2D eigenvalue weighted by Crippen LogP contribution is -2.66. The number of alkyl halides is 1. The van der Waals surface area contributed by atoms with Crippen LogP contribution in [0.15, 0.2) is 23.8 Å². The van der Waals surface area contributed by atoms with Crippen LogP contribution in [-0.4, -0.2) is 34.2 Å². The highest BCUT2D eigenvalue weighted by Crippen LogP contribution is 2.68. The van der Waals surface area contributed by atoms with Gasteiger partial charge in [-0.15, -0.1) is 0 Å². The Labute approximate surface area is 148 Å². The Morgan fingerprint density at radius 3 is 2.71 bits per heavy atom. The van der Waals surface area contributed by atoms with Crippen LogP contribution in [-0.2, 0) is 4.79 Å². The number of halogens is 1. The zero-order valence-electron chi connectivity index (χ0n) is 14.7. The van der Waals surface area contributed by atoms with Crippen molar-refractivity contribution in [3.05, 3.63) is 23.8 Å². The number of rotatable bonds is 1. The minimum absolute atomic E-state index is 0.0187. The first-order chi connectivity index (χ1) is 11.3. The predicted molar refractivity (Wildman–Crippen MR) is 95.7 cm³/mol. The molecule has 0 aromatic carbocycles. The number of allylic oxidation sites excluding steroid dienone is 4. The van der Waals surface area contributed by atoms with Crippen molar-refractivity contribution < 1.29 is 14.3 Å². The molecule has 0 aliphatic heterocycles. The quantitative estimate of drug-likeness (QED) is 0.774. The first-order valence-electron chi connectivity index (χ1n) is 9.11. The first-order valence-corrected chi connectivity index (χ1v) is 10.4. The minimum atomic E-state index is -1.66. The molecule has 0 amide bonds. The zero-order valence-corrected chi connectivity index (χ0v) is 15.5. The summed E-state index contributed by atoms with van der Waals surface area (Å²) in [7, 11) is 0. The molecule has 0 radical (unpaired) electrons. The Hall–Kier alpha value is -0.610. The molecule has 3 fully saturated rings. The molecule has 0 aromatic heterocycles. The predicted octanol–water partition coefficient (Wildman–Crippen LogP) is 4.09. The van der Waals surface area contributed by atoms with Crippen LogP contribution in [0.5, 0.6) is 0 Å². The fourth-order valence-electron chi connectivity index (χ4n) is 6.55. The standard InChI is InChI=1S/C20H27FO2S/c1-18-11-16(23)20(21)15(14(18)6-7-17(18)24-3)5-4-12-10-13(22)8-9-19(12,20)2/h8-10,14-17,23H,4-7,11H2,1-3H3/t14-,15-,16-,17+,18-,19-,20?/m0/s1. The van der Waals surface area contributed by atoms with Crippen molar-refractivity contribution in [2.45, 2.75) is 63.0 Å². The first kappa shape index (κ1) is 16.8. The molecule has 24 heavy (non-hydrogen) atoms. The molecule has 7 atom stereocenters. The number of carbonyl (C=O) groups excluding carboxylic acids is 1. The van der Waals surface area contributed by atoms with Crippen molar-refractivity contribution in [2.75, 3.05) is 6.26 Å². The third kappa shape index (κ3) is 1.85. The van der Waals surface area contributed by atoms with Gasteiger partial charge in [0.1, 0.15) is 0 Å². The van der Waals surface area contributed by atoms with E-state index in [1.54, 1.807) is 12.2 Å². The molecule has 4 heteroatoms. The van der Waals surface area contributed by atoms with Crippen molar-refractivity contribution in [1.29, 1.82) is 0 Å². The summed E-state index contributed by atoms with van der Waals surface area (Å²) in [4.78, 5) is 11.8. The van der Waals surface area contributed by atoms with Gasteiger partial charge in [-0.3, -0.25) is 4.79 Å². The van der Waals surface area contributed by atoms with E-state index in [4.69, 9.17) is 0 Å². The summed E-state index contributed by atoms with van der Waals surface area (Å²) in [6.45, 7) is 4.16. The maximum atomic E-state index is 16.6. The van der Waals surface area contributed by atoms with E-state index in [9.17, 15) is 9.90 Å². The van der Waals surface area contributed by atoms with Crippen LogP contribution in [0.3, 0.4) is 0 Å². The third-order valence-corrected chi connectivity index (χ3v) is 9.18. The molecule has 0 aromatic rings. The summed E-state index contributed by atoms with van der Waals surface area (Å²) in [6, 6.07) is 0. The van der Waals surface area contributed by atoms with Crippen LogP contribution in [0.2, 0.25) is 0 Å². The molecular weight excluding hydrogens is 323 g/mol. The number of ketones is 1. The minimum Gasteiger partial charge on any atom is -0.390 e. The van der Waals surface area contributed by atoms with Gasteiger partial charge in [0.05, 0.1) is 6.10 Å². The summed E-state index contributed by atoms with van der Waals surface area (Å²) in [6.07, 6.45) is 10.2. The lowest BCUT2D eigenvalue weighted by molar-refractivity contribution is -0.188. The van der Waals surface area contributed by atoms with Gasteiger partial charge < -0.3 is 5.11 Å². The number of carbonyl (C=O) groups is 1. The fraction of sp³-hybridized carbons (Fsp3) is 0.750. The van der Waals surface area contributed by atoms with Gasteiger partial charge in [0.2, 0.25) is 0 Å². The van der Waals surface area contributed by atoms with Crippen LogP contribution >= 0.6 is 11.8 Å². The number of aliphatic hydroxyl groups is 1. The Balaban J connectivity index is 1.80. The maximum absolute atomic E-state index is 16.6. The lowest BCUT2D eigenvalue weighted by Gasteiger charge is -2.62. The number of aliphatic hydroxyl groups excluding tert-OH is 1. The van der Waals surface area contributed by atoms with E-state index < -0.39 is 17.2 Å². The molecule has 132 valence electrons. The Morgan fingerprint density at radius 1 is 1.25 bits per heavy atom. The van der Waals surface area contributed by atoms with E-state index in [1.165, 1.54) is 6.08 Å². The van der Waals surface area contributed by atoms with E-state index in [1.807, 2.05) is 18.7 Å². The molecule has 0 saturated heterocycles. The SMILES string of the molecule is CS[C@@H]1CC[C@H]2[C@@H]3CCC4=CC(=O)C=C[C@]4(C)C3(F)[C@@H](O)C[C@]12C. The van der Waals surface area contributed by atoms with Gasteiger partial charge in [0.25, 0.3) is 0 Å². The Morgan fingerprint density at radius 2 is 2.00 bits per heavy atom. The van der Waals surface area contributed by atoms with Crippen molar-refractivity contribution in [2.24, 2.45) is 22.7 Å². The van der Waals surface area contributed by atoms with Crippen LogP contribution < -0.4 is 0 Å². The second-order valence-electron chi connectivity index (χ2n) is 8.65. The van der Waals surface area contributed by atoms with E-state index in [-0.39, 0.29) is 17.1 Å². The molecule has 1 unspecified atom stereocenters. The highest BCUT2D eigenvalue weighted by molar-refractivity contribution is 7.99. The molecule has 1 N–H and O–H groups in total. The Kier molecular flexibility index (Phi) is 3.65. The summed E-state index contributed by atoms with van der Waals surface area (Å²) in [5, 5.41) is 11.5. The summed E-state index contributed by atoms with van der Waals surface area (Å²) in [5.74, 6) is 0.152. The number of hydrogen-bond donors (Lipinski definition) is 1. The van der Waals surface area contributed by atoms with Crippen LogP contribution in [0.1, 0.15) is 46.0 Å². The van der Waals surface area contributed by atoms with Crippen LogP contribution in [0.25, 0.3) is 0 Å². The highest BCUT2D eigenvalue weighted by atomic mass is 32.2. The van der Waals surface area contributed by atoms with Crippen molar-refractivity contribution in [3.8, 4) is 0 Å². The summed E-state index contributed by atoms with van der Waals surface area (Å²) in [5.41, 5.74) is -1.62. The molecule has 0 bridgehead atoms. The highest BCUT2D eigenvalue weighted by Gasteiger charge is 2.70. The van der Waals surface area contributed by atoms with E-state index in [2.05, 4.69) is 13.2 Å². The van der Waals surface area contributed by atoms with Crippen molar-refractivity contribution in [1.82, 2.24) is 0 Å². The van der Waals surface area contributed by atoms with E-state index in [0.29, 0.717) is 17.6 Å². The van der Waals surface area contributed by atoms with Gasteiger partial charge in [-0.1, -0.05) is 18.6 Å². The van der Waals surface area contributed by atoms with Gasteiger partial charge in [-0.05, 0) is 68.8 Å². The topological polar surface area (TPSA) is 37.3 Å². The monoisotopic (exact) mass is 350 g/mol. The third-order valence-electron chi connectivity index (χ3n) is 7.84. The molecule has 3 saturated carbocycles. The van der Waals surface area contributed by atoms with E-state index >= 15 is 4.39 Å². The molecular formula is C20H27FO2S. The van der Waals surface area contributed by atoms with Crippen LogP contribution in [0, 0.1) is 22.7 Å². The molecule has 4 aliphatic rings. The second-order valence-corrected chi connectivity index (χ2v) is 9.70. The lowest BCUT2D eigenvalue weighted by atomic mass is 9.46. The average Bonchev–Trinajstić information content (AvgIpc) is 2.86. The average molecular weight is 350 g/mol. The van der Waals surface area contributed by atoms with Crippen LogP contribution in [0.4, 0.5) is 4.39 Å². The van der Waals surface area contributed by atoms with Gasteiger partial charge in [0.15, 0.2) is 11.5 Å². The Bertz CT molecular complexity index is 644. The fourth-order valence-corrected chi connectivity index (χ4v) is 7.73. The zero-order chi connectivity index (χ0) is 17.3. The summed E-state index contributed by atoms with van der Waals surface area (Å²) >= 11 is 1.88. The van der Waals surface area contributed by atoms with Gasteiger partial charge >= 0.3 is 0 Å². The molecule has 0 heterocycles. The molecule has 2 nitrogen and oxygen atoms in total. The van der Waals surface area contributed by atoms with E-state index in [0.717, 1.165) is 31.3 Å². The van der Waals surface area contributed by atoms with Gasteiger partial charge in [-0.25, -0.2) is 4.39 Å². The molecule has 0 spiro atoms. The number of hydrogen-bond acceptors (Lipinski definition) is 3. The van der Waals surface area contributed by atoms with Crippen molar-refractivity contribution in [3.63, 3.8) is 0 Å². The molecule has 4 rings (SSSR count). The smallest absolute Gasteiger partial charge is 0.178 e. The second kappa shape index (κ2) is 5.20. The van der Waals surface area contributed by atoms with Gasteiger partial charge in [-0.2, -0.15) is 11.8 Å². The molecule has 4 aliphatic carbocycles. The van der Waals surface area contributed by atoms with Crippen molar-refractivity contribution >= 4 is 17.5 Å². The normalized spacial score (nSPS) is 53.2. The van der Waals surface area contributed by atoms with Gasteiger partial charge in [0, 0.05) is 16.6 Å². The maximum Gasteiger partial charge on any atom is 0.178 e. The number of thioether (sulfide) groups is 1. The summed E-state index contributed by atoms with van der Waals surface area (Å²) < 4.78 is 16.6. The number of fused-ring (bicyclic) bond motifs is 5. The largest absolute Gasteiger partial charge is 0.390 e.